The number of methoxy groups -OCH3 is 1. The fraction of sp³-hybridized carbons (Fsp3) is 0.240. The van der Waals surface area contributed by atoms with Crippen LogP contribution in [0.2, 0.25) is 0 Å². The number of imide groups is 1. The highest BCUT2D eigenvalue weighted by molar-refractivity contribution is 6.14. The number of hydrogen-bond acceptors (Lipinski definition) is 6. The van der Waals surface area contributed by atoms with E-state index < -0.39 is 18.2 Å². The third kappa shape index (κ3) is 5.30. The number of nitrogens with one attached hydrogen (secondary N) is 1. The number of β-amino-alcohol motifs (C(OH)–C–C–N with tert-alkyl or cyclic N) is 1. The molecule has 0 radical (unpaired) electrons. The van der Waals surface area contributed by atoms with Gasteiger partial charge in [0.15, 0.2) is 6.23 Å². The molecule has 2 aliphatic rings. The van der Waals surface area contributed by atoms with Crippen LogP contribution in [0.1, 0.15) is 25.5 Å². The van der Waals surface area contributed by atoms with E-state index in [9.17, 15) is 14.7 Å². The molecule has 1 aliphatic carbocycles. The Bertz CT molecular complexity index is 1170. The van der Waals surface area contributed by atoms with Crippen molar-refractivity contribution in [1.82, 2.24) is 10.2 Å². The van der Waals surface area contributed by atoms with E-state index in [-0.39, 0.29) is 12.2 Å². The molecule has 2 heterocycles. The van der Waals surface area contributed by atoms with E-state index in [1.807, 2.05) is 49.4 Å². The zero-order valence-corrected chi connectivity index (χ0v) is 18.4. The van der Waals surface area contributed by atoms with E-state index in [0.29, 0.717) is 17.2 Å². The van der Waals surface area contributed by atoms with Crippen molar-refractivity contribution in [3.63, 3.8) is 0 Å². The molecule has 0 bridgehead atoms. The third-order valence-electron chi connectivity index (χ3n) is 5.28. The molecule has 1 saturated heterocycles. The number of furan rings is 1. The number of rotatable bonds is 6. The molecule has 1 aromatic carbocycles. The second kappa shape index (κ2) is 9.70. The minimum atomic E-state index is -1.23. The Labute approximate surface area is 191 Å². The van der Waals surface area contributed by atoms with Crippen molar-refractivity contribution in [2.24, 2.45) is 4.99 Å². The SMILES string of the molecule is COc1ccc(-c2ccc(C=C3NC(=O)N(CC(O)N=C4C=CCCC(C)=C4)C3=O)o2)cc1. The minimum absolute atomic E-state index is 0.0700. The topological polar surface area (TPSA) is 104 Å². The first-order valence-electron chi connectivity index (χ1n) is 10.6. The van der Waals surface area contributed by atoms with Gasteiger partial charge in [-0.1, -0.05) is 11.6 Å². The number of benzene rings is 1. The van der Waals surface area contributed by atoms with Crippen LogP contribution in [-0.4, -0.2) is 47.5 Å². The average Bonchev–Trinajstić information content (AvgIpc) is 3.29. The van der Waals surface area contributed by atoms with E-state index >= 15 is 0 Å². The normalized spacial score (nSPS) is 19.6. The Kier molecular flexibility index (Phi) is 6.55. The predicted octanol–water partition coefficient (Wildman–Crippen LogP) is 3.90. The molecular formula is C25H25N3O5. The van der Waals surface area contributed by atoms with Crippen molar-refractivity contribution in [1.29, 1.82) is 0 Å². The molecule has 170 valence electrons. The number of hydrogen-bond donors (Lipinski definition) is 2. The summed E-state index contributed by atoms with van der Waals surface area (Å²) in [6, 6.07) is 10.3. The van der Waals surface area contributed by atoms with E-state index in [2.05, 4.69) is 10.3 Å². The van der Waals surface area contributed by atoms with Gasteiger partial charge >= 0.3 is 6.03 Å². The van der Waals surface area contributed by atoms with Crippen LogP contribution < -0.4 is 10.1 Å². The molecule has 33 heavy (non-hydrogen) atoms. The van der Waals surface area contributed by atoms with Gasteiger partial charge in [-0.05, 0) is 68.3 Å². The summed E-state index contributed by atoms with van der Waals surface area (Å²) in [5, 5.41) is 12.9. The number of aliphatic imine (C=N–C) groups is 1. The maximum atomic E-state index is 12.7. The van der Waals surface area contributed by atoms with Crippen LogP contribution in [0.15, 0.2) is 75.3 Å². The molecule has 2 aromatic rings. The lowest BCUT2D eigenvalue weighted by Crippen LogP contribution is -2.37. The van der Waals surface area contributed by atoms with Crippen molar-refractivity contribution in [3.8, 4) is 17.1 Å². The Balaban J connectivity index is 1.45. The second-order valence-electron chi connectivity index (χ2n) is 7.80. The lowest BCUT2D eigenvalue weighted by atomic mass is 10.2. The molecule has 1 aliphatic heterocycles. The van der Waals surface area contributed by atoms with Crippen molar-refractivity contribution in [2.75, 3.05) is 13.7 Å². The van der Waals surface area contributed by atoms with E-state index in [4.69, 9.17) is 9.15 Å². The van der Waals surface area contributed by atoms with Gasteiger partial charge in [0.25, 0.3) is 5.91 Å². The Morgan fingerprint density at radius 2 is 2.03 bits per heavy atom. The number of nitrogens with zero attached hydrogens (tertiary/aromatic N) is 2. The Morgan fingerprint density at radius 1 is 1.24 bits per heavy atom. The van der Waals surface area contributed by atoms with Gasteiger partial charge in [0.1, 0.15) is 23.0 Å². The van der Waals surface area contributed by atoms with Crippen LogP contribution >= 0.6 is 0 Å². The van der Waals surface area contributed by atoms with Gasteiger partial charge in [-0.15, -0.1) is 0 Å². The quantitative estimate of drug-likeness (QED) is 0.516. The summed E-state index contributed by atoms with van der Waals surface area (Å²) >= 11 is 0. The van der Waals surface area contributed by atoms with Gasteiger partial charge in [0, 0.05) is 11.6 Å². The predicted molar refractivity (Wildman–Crippen MR) is 124 cm³/mol. The Hall–Kier alpha value is -3.91. The van der Waals surface area contributed by atoms with Gasteiger partial charge < -0.3 is 19.6 Å². The summed E-state index contributed by atoms with van der Waals surface area (Å²) in [5.41, 5.74) is 2.68. The summed E-state index contributed by atoms with van der Waals surface area (Å²) in [6.07, 6.45) is 7.77. The van der Waals surface area contributed by atoms with E-state index in [0.717, 1.165) is 34.6 Å². The van der Waals surface area contributed by atoms with Gasteiger partial charge in [-0.2, -0.15) is 0 Å². The fourth-order valence-electron chi connectivity index (χ4n) is 3.56. The highest BCUT2D eigenvalue weighted by Crippen LogP contribution is 2.26. The molecule has 8 nitrogen and oxygen atoms in total. The summed E-state index contributed by atoms with van der Waals surface area (Å²) in [4.78, 5) is 30.2. The van der Waals surface area contributed by atoms with Gasteiger partial charge in [0.05, 0.1) is 19.4 Å². The number of urea groups is 1. The number of carbonyl (C=O) groups excluding carboxylic acids is 2. The van der Waals surface area contributed by atoms with Crippen molar-refractivity contribution in [2.45, 2.75) is 26.0 Å². The highest BCUT2D eigenvalue weighted by atomic mass is 16.5. The monoisotopic (exact) mass is 447 g/mol. The first-order valence-corrected chi connectivity index (χ1v) is 10.6. The van der Waals surface area contributed by atoms with Gasteiger partial charge in [-0.25, -0.2) is 4.79 Å². The van der Waals surface area contributed by atoms with Crippen LogP contribution in [0, 0.1) is 0 Å². The summed E-state index contributed by atoms with van der Waals surface area (Å²) in [7, 11) is 1.60. The average molecular weight is 447 g/mol. The van der Waals surface area contributed by atoms with Crippen LogP contribution in [-0.2, 0) is 4.79 Å². The first kappa shape index (κ1) is 22.3. The number of aliphatic hydroxyl groups excluding tert-OH is 1. The van der Waals surface area contributed by atoms with Crippen LogP contribution in [0.4, 0.5) is 4.79 Å². The number of ether oxygens (including phenoxy) is 1. The standard InChI is InChI=1S/C25H25N3O5/c1-16-5-3-4-6-18(13-16)26-23(29)15-28-24(30)21(27-25(28)31)14-20-11-12-22(33-20)17-7-9-19(32-2)10-8-17/h4,6-14,23,29H,3,5,15H2,1-2H3,(H,27,31). The Morgan fingerprint density at radius 3 is 2.79 bits per heavy atom. The summed E-state index contributed by atoms with van der Waals surface area (Å²) in [6.45, 7) is 1.75. The fourth-order valence-corrected chi connectivity index (χ4v) is 3.56. The molecule has 1 atom stereocenters. The highest BCUT2D eigenvalue weighted by Gasteiger charge is 2.35. The molecule has 2 N–H and O–H groups in total. The van der Waals surface area contributed by atoms with Crippen molar-refractivity contribution in [3.05, 3.63) is 71.7 Å². The van der Waals surface area contributed by atoms with E-state index in [1.54, 1.807) is 19.2 Å². The zero-order chi connectivity index (χ0) is 23.4. The molecule has 0 saturated carbocycles. The number of carbonyl (C=O) groups is 2. The molecule has 4 rings (SSSR count). The largest absolute Gasteiger partial charge is 0.497 e. The van der Waals surface area contributed by atoms with Crippen LogP contribution in [0.25, 0.3) is 17.4 Å². The molecule has 1 unspecified atom stereocenters. The van der Waals surface area contributed by atoms with Crippen molar-refractivity contribution >= 4 is 23.7 Å². The number of allylic oxidation sites excluding steroid dienone is 4. The lowest BCUT2D eigenvalue weighted by molar-refractivity contribution is -0.123. The molecule has 0 spiro atoms. The third-order valence-corrected chi connectivity index (χ3v) is 5.28. The lowest BCUT2D eigenvalue weighted by Gasteiger charge is -2.14. The van der Waals surface area contributed by atoms with Crippen molar-refractivity contribution < 1.29 is 23.8 Å². The molecular weight excluding hydrogens is 422 g/mol. The second-order valence-corrected chi connectivity index (χ2v) is 7.80. The van der Waals surface area contributed by atoms with Crippen LogP contribution in [0.5, 0.6) is 5.75 Å². The van der Waals surface area contributed by atoms with Gasteiger partial charge in [0.2, 0.25) is 0 Å². The maximum absolute atomic E-state index is 12.7. The van der Waals surface area contributed by atoms with Crippen LogP contribution in [0.3, 0.4) is 0 Å². The number of amides is 3. The van der Waals surface area contributed by atoms with Gasteiger partial charge in [-0.3, -0.25) is 14.7 Å². The number of aliphatic hydroxyl groups is 1. The molecule has 3 amide bonds. The maximum Gasteiger partial charge on any atom is 0.329 e. The van der Waals surface area contributed by atoms with E-state index in [1.165, 1.54) is 6.08 Å². The molecule has 1 aromatic heterocycles. The molecule has 8 heteroatoms. The zero-order valence-electron chi connectivity index (χ0n) is 18.4. The first-order chi connectivity index (χ1) is 15.9. The smallest absolute Gasteiger partial charge is 0.329 e. The summed E-state index contributed by atoms with van der Waals surface area (Å²) in [5.74, 6) is 1.21. The summed E-state index contributed by atoms with van der Waals surface area (Å²) < 4.78 is 11.0. The molecule has 1 fully saturated rings. The minimum Gasteiger partial charge on any atom is -0.497 e.